The highest BCUT2D eigenvalue weighted by molar-refractivity contribution is 5.96. The number of hydrogen-bond donors (Lipinski definition) is 2. The summed E-state index contributed by atoms with van der Waals surface area (Å²) in [5.74, 6) is 1.45. The largest absolute Gasteiger partial charge is 0.454 e. The standard InChI is InChI=1S/C19H19N3O4/c23-18-8-13(10-20-19(24)21-14-4-2-1-3-5-14)11-22(18)15-6-7-16-17(9-15)26-12-25-16/h1-7,9,13H,8,10-12H2,(H2,20,21,24)/t13-/m1/s1. The van der Waals surface area contributed by atoms with Crippen molar-refractivity contribution >= 4 is 23.3 Å². The molecule has 0 unspecified atom stereocenters. The number of hydrogen-bond acceptors (Lipinski definition) is 4. The second-order valence-corrected chi connectivity index (χ2v) is 6.31. The zero-order chi connectivity index (χ0) is 17.9. The summed E-state index contributed by atoms with van der Waals surface area (Å²) >= 11 is 0. The molecular formula is C19H19N3O4. The van der Waals surface area contributed by atoms with Crippen molar-refractivity contribution in [3.05, 3.63) is 48.5 Å². The van der Waals surface area contributed by atoms with Crippen LogP contribution in [-0.2, 0) is 4.79 Å². The molecule has 2 N–H and O–H groups in total. The molecule has 2 heterocycles. The summed E-state index contributed by atoms with van der Waals surface area (Å²) in [7, 11) is 0. The van der Waals surface area contributed by atoms with Gasteiger partial charge in [0.1, 0.15) is 0 Å². The van der Waals surface area contributed by atoms with E-state index in [1.165, 1.54) is 0 Å². The van der Waals surface area contributed by atoms with Crippen molar-refractivity contribution in [3.8, 4) is 11.5 Å². The highest BCUT2D eigenvalue weighted by Crippen LogP contribution is 2.37. The van der Waals surface area contributed by atoms with Gasteiger partial charge in [-0.1, -0.05) is 18.2 Å². The summed E-state index contributed by atoms with van der Waals surface area (Å²) in [6.45, 7) is 1.20. The fourth-order valence-corrected chi connectivity index (χ4v) is 3.15. The Balaban J connectivity index is 1.32. The van der Waals surface area contributed by atoms with E-state index in [1.807, 2.05) is 48.5 Å². The van der Waals surface area contributed by atoms with Gasteiger partial charge in [-0.2, -0.15) is 0 Å². The second-order valence-electron chi connectivity index (χ2n) is 6.31. The second kappa shape index (κ2) is 6.95. The van der Waals surface area contributed by atoms with E-state index in [0.29, 0.717) is 31.0 Å². The number of carbonyl (C=O) groups excluding carboxylic acids is 2. The molecule has 3 amide bonds. The smallest absolute Gasteiger partial charge is 0.319 e. The molecule has 0 aliphatic carbocycles. The number of nitrogens with one attached hydrogen (secondary N) is 2. The molecule has 2 aliphatic heterocycles. The topological polar surface area (TPSA) is 79.9 Å². The molecule has 1 saturated heterocycles. The van der Waals surface area contributed by atoms with E-state index in [9.17, 15) is 9.59 Å². The highest BCUT2D eigenvalue weighted by atomic mass is 16.7. The van der Waals surface area contributed by atoms with E-state index in [2.05, 4.69) is 10.6 Å². The number of para-hydroxylation sites is 1. The van der Waals surface area contributed by atoms with Crippen LogP contribution in [-0.4, -0.2) is 31.8 Å². The molecule has 1 atom stereocenters. The summed E-state index contributed by atoms with van der Waals surface area (Å²) in [6.07, 6.45) is 0.403. The third-order valence-corrected chi connectivity index (χ3v) is 4.46. The number of benzene rings is 2. The van der Waals surface area contributed by atoms with Gasteiger partial charge in [0.15, 0.2) is 11.5 Å². The number of carbonyl (C=O) groups is 2. The molecule has 2 aromatic rings. The SMILES string of the molecule is O=C(NC[C@H]1CC(=O)N(c2ccc3c(c2)OCO3)C1)Nc1ccccc1. The third-order valence-electron chi connectivity index (χ3n) is 4.46. The van der Waals surface area contributed by atoms with Crippen LogP contribution >= 0.6 is 0 Å². The zero-order valence-corrected chi connectivity index (χ0v) is 14.1. The van der Waals surface area contributed by atoms with Crippen molar-refractivity contribution in [1.82, 2.24) is 5.32 Å². The quantitative estimate of drug-likeness (QED) is 0.885. The molecule has 0 saturated carbocycles. The van der Waals surface area contributed by atoms with E-state index in [0.717, 1.165) is 11.4 Å². The molecule has 26 heavy (non-hydrogen) atoms. The van der Waals surface area contributed by atoms with Crippen LogP contribution in [0.2, 0.25) is 0 Å². The summed E-state index contributed by atoms with van der Waals surface area (Å²) in [4.78, 5) is 26.1. The van der Waals surface area contributed by atoms with E-state index < -0.39 is 0 Å². The Labute approximate surface area is 150 Å². The number of nitrogens with zero attached hydrogens (tertiary/aromatic N) is 1. The lowest BCUT2D eigenvalue weighted by Gasteiger charge is -2.17. The molecule has 0 bridgehead atoms. The van der Waals surface area contributed by atoms with E-state index in [4.69, 9.17) is 9.47 Å². The fourth-order valence-electron chi connectivity index (χ4n) is 3.15. The van der Waals surface area contributed by atoms with Crippen molar-refractivity contribution in [2.24, 2.45) is 5.92 Å². The molecule has 0 aromatic heterocycles. The molecular weight excluding hydrogens is 334 g/mol. The maximum Gasteiger partial charge on any atom is 0.319 e. The Morgan fingerprint density at radius 1 is 1.12 bits per heavy atom. The first-order valence-corrected chi connectivity index (χ1v) is 8.49. The molecule has 7 nitrogen and oxygen atoms in total. The predicted molar refractivity (Wildman–Crippen MR) is 96.5 cm³/mol. The summed E-state index contributed by atoms with van der Waals surface area (Å²) in [5, 5.41) is 5.60. The Morgan fingerprint density at radius 3 is 2.77 bits per heavy atom. The number of fused-ring (bicyclic) bond motifs is 1. The van der Waals surface area contributed by atoms with Gasteiger partial charge in [0.05, 0.1) is 0 Å². The van der Waals surface area contributed by atoms with Gasteiger partial charge in [0.25, 0.3) is 0 Å². The van der Waals surface area contributed by atoms with Crippen LogP contribution in [0.15, 0.2) is 48.5 Å². The van der Waals surface area contributed by atoms with Crippen molar-refractivity contribution in [3.63, 3.8) is 0 Å². The van der Waals surface area contributed by atoms with Crippen LogP contribution in [0.1, 0.15) is 6.42 Å². The van der Waals surface area contributed by atoms with Gasteiger partial charge in [-0.15, -0.1) is 0 Å². The van der Waals surface area contributed by atoms with Crippen LogP contribution in [0.3, 0.4) is 0 Å². The molecule has 1 fully saturated rings. The predicted octanol–water partition coefficient (Wildman–Crippen LogP) is 2.59. The molecule has 7 heteroatoms. The zero-order valence-electron chi connectivity index (χ0n) is 14.1. The van der Waals surface area contributed by atoms with Crippen LogP contribution in [0.4, 0.5) is 16.2 Å². The molecule has 4 rings (SSSR count). The maximum absolute atomic E-state index is 12.3. The lowest BCUT2D eigenvalue weighted by Crippen LogP contribution is -2.34. The number of urea groups is 1. The Hall–Kier alpha value is -3.22. The van der Waals surface area contributed by atoms with E-state index in [1.54, 1.807) is 4.90 Å². The van der Waals surface area contributed by atoms with Gasteiger partial charge in [-0.25, -0.2) is 4.79 Å². The van der Waals surface area contributed by atoms with Crippen LogP contribution in [0.25, 0.3) is 0 Å². The van der Waals surface area contributed by atoms with Crippen molar-refractivity contribution < 1.29 is 19.1 Å². The lowest BCUT2D eigenvalue weighted by molar-refractivity contribution is -0.117. The van der Waals surface area contributed by atoms with Crippen LogP contribution in [0, 0.1) is 5.92 Å². The third kappa shape index (κ3) is 3.42. The van der Waals surface area contributed by atoms with Gasteiger partial charge in [-0.3, -0.25) is 4.79 Å². The first kappa shape index (κ1) is 16.3. The lowest BCUT2D eigenvalue weighted by atomic mass is 10.1. The number of amides is 3. The minimum Gasteiger partial charge on any atom is -0.454 e. The average molecular weight is 353 g/mol. The number of anilines is 2. The average Bonchev–Trinajstić information content (AvgIpc) is 3.26. The van der Waals surface area contributed by atoms with Gasteiger partial charge >= 0.3 is 6.03 Å². The van der Waals surface area contributed by atoms with E-state index in [-0.39, 0.29) is 24.6 Å². The number of ether oxygens (including phenoxy) is 2. The Bertz CT molecular complexity index is 825. The number of rotatable bonds is 4. The fraction of sp³-hybridized carbons (Fsp3) is 0.263. The Kier molecular flexibility index (Phi) is 4.35. The molecule has 0 spiro atoms. The van der Waals surface area contributed by atoms with Gasteiger partial charge < -0.3 is 25.0 Å². The van der Waals surface area contributed by atoms with E-state index >= 15 is 0 Å². The van der Waals surface area contributed by atoms with Crippen LogP contribution in [0.5, 0.6) is 11.5 Å². The van der Waals surface area contributed by atoms with Crippen molar-refractivity contribution in [2.75, 3.05) is 30.1 Å². The summed E-state index contributed by atoms with van der Waals surface area (Å²) < 4.78 is 10.7. The van der Waals surface area contributed by atoms with Crippen molar-refractivity contribution in [2.45, 2.75) is 6.42 Å². The van der Waals surface area contributed by atoms with Gasteiger partial charge in [0, 0.05) is 42.9 Å². The Morgan fingerprint density at radius 2 is 1.92 bits per heavy atom. The summed E-state index contributed by atoms with van der Waals surface area (Å²) in [5.41, 5.74) is 1.52. The monoisotopic (exact) mass is 353 g/mol. The van der Waals surface area contributed by atoms with Gasteiger partial charge in [-0.05, 0) is 24.3 Å². The first-order valence-electron chi connectivity index (χ1n) is 8.49. The van der Waals surface area contributed by atoms with Crippen LogP contribution < -0.4 is 25.0 Å². The minimum atomic E-state index is -0.273. The molecule has 134 valence electrons. The molecule has 0 radical (unpaired) electrons. The molecule has 2 aliphatic rings. The maximum atomic E-state index is 12.3. The minimum absolute atomic E-state index is 0.0409. The van der Waals surface area contributed by atoms with Crippen molar-refractivity contribution in [1.29, 1.82) is 0 Å². The van der Waals surface area contributed by atoms with Gasteiger partial charge in [0.2, 0.25) is 12.7 Å². The normalized spacial score (nSPS) is 18.1. The first-order chi connectivity index (χ1) is 12.7. The summed E-state index contributed by atoms with van der Waals surface area (Å²) in [6, 6.07) is 14.4. The highest BCUT2D eigenvalue weighted by Gasteiger charge is 2.31. The molecule has 2 aromatic carbocycles.